The third-order valence-electron chi connectivity index (χ3n) is 4.72. The lowest BCUT2D eigenvalue weighted by Gasteiger charge is -2.28. The van der Waals surface area contributed by atoms with Crippen molar-refractivity contribution in [1.29, 1.82) is 0 Å². The minimum absolute atomic E-state index is 0.0897. The van der Waals surface area contributed by atoms with E-state index in [1.807, 2.05) is 17.0 Å². The van der Waals surface area contributed by atoms with Crippen LogP contribution in [0.1, 0.15) is 34.1 Å². The summed E-state index contributed by atoms with van der Waals surface area (Å²) in [7, 11) is 0. The lowest BCUT2D eigenvalue weighted by atomic mass is 10.1. The van der Waals surface area contributed by atoms with Crippen LogP contribution in [-0.4, -0.2) is 48.6 Å². The molecule has 2 aliphatic rings. The molecule has 1 amide bonds. The van der Waals surface area contributed by atoms with Gasteiger partial charge in [-0.2, -0.15) is 0 Å². The molecule has 2 saturated heterocycles. The minimum atomic E-state index is 0.0897. The van der Waals surface area contributed by atoms with Crippen LogP contribution in [0.25, 0.3) is 0 Å². The largest absolute Gasteiger partial charge is 0.378 e. The molecule has 4 heterocycles. The van der Waals surface area contributed by atoms with Crippen molar-refractivity contribution in [2.75, 3.05) is 37.7 Å². The molecule has 2 aromatic heterocycles. The second kappa shape index (κ2) is 6.91. The number of nitrogens with zero attached hydrogens (tertiary/aromatic N) is 3. The van der Waals surface area contributed by atoms with Crippen LogP contribution in [-0.2, 0) is 4.74 Å². The second-order valence-corrected chi connectivity index (χ2v) is 7.16. The fourth-order valence-electron chi connectivity index (χ4n) is 3.44. The van der Waals surface area contributed by atoms with Gasteiger partial charge in [0.05, 0.1) is 24.8 Å². The van der Waals surface area contributed by atoms with Crippen LogP contribution in [0.3, 0.4) is 0 Å². The summed E-state index contributed by atoms with van der Waals surface area (Å²) in [4.78, 5) is 22.9. The highest BCUT2D eigenvalue weighted by atomic mass is 32.1. The van der Waals surface area contributed by atoms with Gasteiger partial charge in [0.2, 0.25) is 0 Å². The molecule has 0 aliphatic carbocycles. The molecule has 0 unspecified atom stereocenters. The average Bonchev–Trinajstić information content (AvgIpc) is 3.33. The normalized spacial score (nSPS) is 21.2. The number of hydrogen-bond donors (Lipinski definition) is 0. The molecule has 0 spiro atoms. The third kappa shape index (κ3) is 3.03. The van der Waals surface area contributed by atoms with Crippen LogP contribution < -0.4 is 4.90 Å². The lowest BCUT2D eigenvalue weighted by molar-refractivity contribution is 0.0737. The zero-order valence-corrected chi connectivity index (χ0v) is 14.4. The Hall–Kier alpha value is -1.92. The SMILES string of the molecule is O=C(c1ccc(N2CCOCC2)nc1)N1CCC[C@@H]1c1cccs1. The first-order valence-corrected chi connectivity index (χ1v) is 9.34. The molecular weight excluding hydrogens is 322 g/mol. The Kier molecular flexibility index (Phi) is 4.49. The second-order valence-electron chi connectivity index (χ2n) is 6.18. The maximum absolute atomic E-state index is 12.9. The predicted molar refractivity (Wildman–Crippen MR) is 94.6 cm³/mol. The monoisotopic (exact) mass is 343 g/mol. The van der Waals surface area contributed by atoms with Gasteiger partial charge in [0, 0.05) is 30.7 Å². The highest BCUT2D eigenvalue weighted by Crippen LogP contribution is 2.35. The van der Waals surface area contributed by atoms with E-state index in [-0.39, 0.29) is 11.9 Å². The molecule has 0 bridgehead atoms. The molecule has 126 valence electrons. The smallest absolute Gasteiger partial charge is 0.255 e. The van der Waals surface area contributed by atoms with Gasteiger partial charge in [-0.15, -0.1) is 11.3 Å². The summed E-state index contributed by atoms with van der Waals surface area (Å²) in [6.07, 6.45) is 3.83. The van der Waals surface area contributed by atoms with E-state index in [1.54, 1.807) is 17.5 Å². The molecule has 6 heteroatoms. The van der Waals surface area contributed by atoms with E-state index in [1.165, 1.54) is 4.88 Å². The first kappa shape index (κ1) is 15.6. The molecular formula is C18H21N3O2S. The summed E-state index contributed by atoms with van der Waals surface area (Å²) in [6, 6.07) is 8.26. The molecule has 0 radical (unpaired) electrons. The van der Waals surface area contributed by atoms with Crippen LogP contribution in [0.2, 0.25) is 0 Å². The lowest BCUT2D eigenvalue weighted by Crippen LogP contribution is -2.36. The van der Waals surface area contributed by atoms with Gasteiger partial charge in [0.25, 0.3) is 5.91 Å². The summed E-state index contributed by atoms with van der Waals surface area (Å²) in [5.41, 5.74) is 0.676. The summed E-state index contributed by atoms with van der Waals surface area (Å²) in [6.45, 7) is 4.00. The van der Waals surface area contributed by atoms with Gasteiger partial charge in [-0.05, 0) is 36.4 Å². The number of pyridine rings is 1. The molecule has 5 nitrogen and oxygen atoms in total. The molecule has 2 aliphatic heterocycles. The molecule has 2 aromatic rings. The van der Waals surface area contributed by atoms with Crippen molar-refractivity contribution in [3.63, 3.8) is 0 Å². The number of amides is 1. The maximum Gasteiger partial charge on any atom is 0.255 e. The van der Waals surface area contributed by atoms with Crippen LogP contribution >= 0.6 is 11.3 Å². The Morgan fingerprint density at radius 1 is 1.21 bits per heavy atom. The highest BCUT2D eigenvalue weighted by Gasteiger charge is 2.31. The van der Waals surface area contributed by atoms with E-state index in [0.717, 1.165) is 51.5 Å². The summed E-state index contributed by atoms with van der Waals surface area (Å²) < 4.78 is 5.37. The number of ether oxygens (including phenoxy) is 1. The van der Waals surface area contributed by atoms with E-state index >= 15 is 0 Å². The number of carbonyl (C=O) groups is 1. The third-order valence-corrected chi connectivity index (χ3v) is 5.69. The number of hydrogen-bond acceptors (Lipinski definition) is 5. The van der Waals surface area contributed by atoms with Crippen molar-refractivity contribution in [3.8, 4) is 0 Å². The van der Waals surface area contributed by atoms with Crippen molar-refractivity contribution in [1.82, 2.24) is 9.88 Å². The molecule has 1 atom stereocenters. The zero-order valence-electron chi connectivity index (χ0n) is 13.6. The summed E-state index contributed by atoms with van der Waals surface area (Å²) >= 11 is 1.73. The molecule has 4 rings (SSSR count). The van der Waals surface area contributed by atoms with Crippen LogP contribution in [0.4, 0.5) is 5.82 Å². The first-order valence-electron chi connectivity index (χ1n) is 8.46. The van der Waals surface area contributed by atoms with Gasteiger partial charge < -0.3 is 14.5 Å². The fraction of sp³-hybridized carbons (Fsp3) is 0.444. The Balaban J connectivity index is 1.49. The van der Waals surface area contributed by atoms with Gasteiger partial charge in [0.15, 0.2) is 0 Å². The molecule has 24 heavy (non-hydrogen) atoms. The van der Waals surface area contributed by atoms with E-state index in [2.05, 4.69) is 27.4 Å². The van der Waals surface area contributed by atoms with E-state index < -0.39 is 0 Å². The maximum atomic E-state index is 12.9. The van der Waals surface area contributed by atoms with Crippen molar-refractivity contribution < 1.29 is 9.53 Å². The molecule has 2 fully saturated rings. The average molecular weight is 343 g/mol. The van der Waals surface area contributed by atoms with E-state index in [9.17, 15) is 4.79 Å². The quantitative estimate of drug-likeness (QED) is 0.860. The highest BCUT2D eigenvalue weighted by molar-refractivity contribution is 7.10. The minimum Gasteiger partial charge on any atom is -0.378 e. The number of aromatic nitrogens is 1. The van der Waals surface area contributed by atoms with E-state index in [4.69, 9.17) is 4.74 Å². The standard InChI is InChI=1S/C18H21N3O2S/c22-18(21-7-1-3-15(21)16-4-2-12-24-16)14-5-6-17(19-13-14)20-8-10-23-11-9-20/h2,4-6,12-13,15H,1,3,7-11H2/t15-/m1/s1. The van der Waals surface area contributed by atoms with E-state index in [0.29, 0.717) is 5.56 Å². The molecule has 0 N–H and O–H groups in total. The van der Waals surface area contributed by atoms with Gasteiger partial charge >= 0.3 is 0 Å². The Labute approximate surface area is 145 Å². The number of thiophene rings is 1. The molecule has 0 saturated carbocycles. The van der Waals surface area contributed by atoms with Crippen molar-refractivity contribution >= 4 is 23.1 Å². The number of anilines is 1. The number of rotatable bonds is 3. The van der Waals surface area contributed by atoms with Crippen molar-refractivity contribution in [3.05, 3.63) is 46.3 Å². The summed E-state index contributed by atoms with van der Waals surface area (Å²) in [5.74, 6) is 1.01. The van der Waals surface area contributed by atoms with Crippen molar-refractivity contribution in [2.24, 2.45) is 0 Å². The Morgan fingerprint density at radius 3 is 2.79 bits per heavy atom. The van der Waals surface area contributed by atoms with Crippen LogP contribution in [0.5, 0.6) is 0 Å². The Bertz CT molecular complexity index is 681. The van der Waals surface area contributed by atoms with Gasteiger partial charge in [-0.25, -0.2) is 4.98 Å². The number of carbonyl (C=O) groups excluding carboxylic acids is 1. The van der Waals surface area contributed by atoms with Crippen LogP contribution in [0.15, 0.2) is 35.8 Å². The number of likely N-dealkylation sites (tertiary alicyclic amines) is 1. The first-order chi connectivity index (χ1) is 11.8. The van der Waals surface area contributed by atoms with Crippen molar-refractivity contribution in [2.45, 2.75) is 18.9 Å². The molecule has 0 aromatic carbocycles. The fourth-order valence-corrected chi connectivity index (χ4v) is 4.32. The predicted octanol–water partition coefficient (Wildman–Crippen LogP) is 2.96. The summed E-state index contributed by atoms with van der Waals surface area (Å²) in [5, 5.41) is 2.08. The topological polar surface area (TPSA) is 45.7 Å². The van der Waals surface area contributed by atoms with Gasteiger partial charge in [-0.3, -0.25) is 4.79 Å². The number of morpholine rings is 1. The van der Waals surface area contributed by atoms with Gasteiger partial charge in [-0.1, -0.05) is 6.07 Å². The Morgan fingerprint density at radius 2 is 2.08 bits per heavy atom. The zero-order chi connectivity index (χ0) is 16.4. The van der Waals surface area contributed by atoms with Crippen LogP contribution in [0, 0.1) is 0 Å². The van der Waals surface area contributed by atoms with Gasteiger partial charge in [0.1, 0.15) is 5.82 Å².